The van der Waals surface area contributed by atoms with Crippen molar-refractivity contribution in [3.8, 4) is 0 Å². The number of anilines is 1. The number of carbonyl (C=O) groups is 1. The second kappa shape index (κ2) is 8.15. The van der Waals surface area contributed by atoms with Crippen LogP contribution in [0.25, 0.3) is 21.7 Å². The summed E-state index contributed by atoms with van der Waals surface area (Å²) in [4.78, 5) is 28.6. The van der Waals surface area contributed by atoms with Crippen LogP contribution in [0.15, 0.2) is 42.7 Å². The van der Waals surface area contributed by atoms with Gasteiger partial charge in [-0.2, -0.15) is 13.2 Å². The quantitative estimate of drug-likeness (QED) is 0.374. The Kier molecular flexibility index (Phi) is 5.14. The number of nitrogens with zero attached hydrogens (tertiary/aromatic N) is 4. The molecule has 1 saturated carbocycles. The van der Waals surface area contributed by atoms with E-state index < -0.39 is 11.9 Å². The molecule has 6 rings (SSSR count). The van der Waals surface area contributed by atoms with Crippen LogP contribution >= 0.6 is 0 Å². The van der Waals surface area contributed by atoms with Gasteiger partial charge in [-0.15, -0.1) is 0 Å². The summed E-state index contributed by atoms with van der Waals surface area (Å²) in [7, 11) is 0. The number of amides is 1. The summed E-state index contributed by atoms with van der Waals surface area (Å²) in [5.41, 5.74) is 8.41. The van der Waals surface area contributed by atoms with Gasteiger partial charge in [-0.3, -0.25) is 9.78 Å². The van der Waals surface area contributed by atoms with Gasteiger partial charge in [0.2, 0.25) is 0 Å². The van der Waals surface area contributed by atoms with Crippen molar-refractivity contribution in [1.82, 2.24) is 19.9 Å². The number of aryl methyl sites for hydroxylation is 2. The Bertz CT molecular complexity index is 1530. The Morgan fingerprint density at radius 3 is 2.64 bits per heavy atom. The van der Waals surface area contributed by atoms with Gasteiger partial charge in [0.25, 0.3) is 5.91 Å². The van der Waals surface area contributed by atoms with Gasteiger partial charge in [0, 0.05) is 46.4 Å². The van der Waals surface area contributed by atoms with Crippen LogP contribution in [0.3, 0.4) is 0 Å². The van der Waals surface area contributed by atoms with E-state index in [9.17, 15) is 18.0 Å². The maximum Gasteiger partial charge on any atom is 0.433 e. The van der Waals surface area contributed by atoms with Crippen molar-refractivity contribution >= 4 is 33.4 Å². The summed E-state index contributed by atoms with van der Waals surface area (Å²) in [6, 6.07) is 7.73. The summed E-state index contributed by atoms with van der Waals surface area (Å²) in [6.07, 6.45) is 1.94. The first-order valence-electron chi connectivity index (χ1n) is 12.0. The molecule has 3 aromatic heterocycles. The maximum atomic E-state index is 14.1. The Hall–Kier alpha value is -3.75. The molecule has 0 spiro atoms. The zero-order chi connectivity index (χ0) is 25.2. The van der Waals surface area contributed by atoms with Gasteiger partial charge in [0.1, 0.15) is 11.5 Å². The Balaban J connectivity index is 1.43. The maximum absolute atomic E-state index is 14.1. The fraction of sp³-hybridized carbons (Fsp3) is 0.333. The highest BCUT2D eigenvalue weighted by Crippen LogP contribution is 2.41. The third-order valence-corrected chi connectivity index (χ3v) is 7.30. The molecule has 184 valence electrons. The van der Waals surface area contributed by atoms with Gasteiger partial charge in [0.15, 0.2) is 0 Å². The number of nitrogens with two attached hydrogens (primary N) is 1. The lowest BCUT2D eigenvalue weighted by atomic mass is 9.99. The number of benzene rings is 1. The van der Waals surface area contributed by atoms with Crippen LogP contribution in [-0.4, -0.2) is 32.3 Å². The molecule has 3 heterocycles. The molecular weight excluding hydrogens is 467 g/mol. The zero-order valence-electron chi connectivity index (χ0n) is 19.6. The smallest absolute Gasteiger partial charge is 0.383 e. The second-order valence-corrected chi connectivity index (χ2v) is 9.79. The second-order valence-electron chi connectivity index (χ2n) is 9.79. The van der Waals surface area contributed by atoms with Gasteiger partial charge < -0.3 is 10.6 Å². The van der Waals surface area contributed by atoms with Crippen LogP contribution in [0.2, 0.25) is 0 Å². The summed E-state index contributed by atoms with van der Waals surface area (Å²) in [5.74, 6) is 0.683. The highest BCUT2D eigenvalue weighted by Gasteiger charge is 2.39. The van der Waals surface area contributed by atoms with E-state index in [4.69, 9.17) is 5.73 Å². The van der Waals surface area contributed by atoms with E-state index in [1.54, 1.807) is 18.5 Å². The van der Waals surface area contributed by atoms with Crippen molar-refractivity contribution < 1.29 is 18.0 Å². The fourth-order valence-electron chi connectivity index (χ4n) is 5.27. The highest BCUT2D eigenvalue weighted by atomic mass is 19.4. The van der Waals surface area contributed by atoms with Crippen LogP contribution in [0.5, 0.6) is 0 Å². The highest BCUT2D eigenvalue weighted by molar-refractivity contribution is 6.12. The lowest BCUT2D eigenvalue weighted by Crippen LogP contribution is -2.36. The first kappa shape index (κ1) is 22.7. The van der Waals surface area contributed by atoms with E-state index in [1.165, 1.54) is 6.07 Å². The number of rotatable bonds is 4. The molecule has 1 fully saturated rings. The van der Waals surface area contributed by atoms with Crippen molar-refractivity contribution in [1.29, 1.82) is 0 Å². The zero-order valence-corrected chi connectivity index (χ0v) is 19.6. The Morgan fingerprint density at radius 1 is 1.08 bits per heavy atom. The average molecular weight is 492 g/mol. The molecule has 1 amide bonds. The fourth-order valence-corrected chi connectivity index (χ4v) is 5.27. The number of fused-ring (bicyclic) bond motifs is 4. The van der Waals surface area contributed by atoms with Gasteiger partial charge in [-0.1, -0.05) is 6.07 Å². The van der Waals surface area contributed by atoms with E-state index in [0.717, 1.165) is 40.6 Å². The minimum atomic E-state index is -4.49. The molecule has 9 heteroatoms. The molecule has 0 saturated heterocycles. The first-order valence-corrected chi connectivity index (χ1v) is 12.0. The molecule has 0 aliphatic heterocycles. The number of hydrogen-bond acceptors (Lipinski definition) is 5. The minimum Gasteiger partial charge on any atom is -0.383 e. The molecule has 2 aliphatic carbocycles. The number of aromatic nitrogens is 3. The van der Waals surface area contributed by atoms with Gasteiger partial charge >= 0.3 is 6.18 Å². The van der Waals surface area contributed by atoms with E-state index in [1.807, 2.05) is 24.0 Å². The molecule has 6 nitrogen and oxygen atoms in total. The van der Waals surface area contributed by atoms with Crippen LogP contribution < -0.4 is 5.73 Å². The van der Waals surface area contributed by atoms with Crippen LogP contribution in [0.1, 0.15) is 58.2 Å². The average Bonchev–Trinajstić information content (AvgIpc) is 3.58. The molecule has 4 aromatic rings. The topological polar surface area (TPSA) is 85.0 Å². The van der Waals surface area contributed by atoms with Gasteiger partial charge in [-0.25, -0.2) is 9.97 Å². The molecule has 1 aromatic carbocycles. The Labute approximate surface area is 205 Å². The first-order chi connectivity index (χ1) is 17.2. The molecule has 0 unspecified atom stereocenters. The minimum absolute atomic E-state index is 0.132. The standard InChI is InChI=1S/C27H24F3N5O/c1-14-10-22-19(20-12-32-9-8-16(20)25(31)34-22)11-18(14)26(36)35(13-15-2-3-15)23-6-5-21-17(23)4-7-24(33-21)27(28,29)30/h4,7-12,15,23H,2-3,5-6,13H2,1H3,(H2,31,34)/t23-/m1/s1. The number of nitrogen functional groups attached to an aromatic ring is 1. The van der Waals surface area contributed by atoms with Crippen molar-refractivity contribution in [2.75, 3.05) is 12.3 Å². The normalized spacial score (nSPS) is 17.5. The number of halogens is 3. The molecule has 36 heavy (non-hydrogen) atoms. The van der Waals surface area contributed by atoms with Crippen LogP contribution in [-0.2, 0) is 12.6 Å². The monoisotopic (exact) mass is 491 g/mol. The number of alkyl halides is 3. The number of carbonyl (C=O) groups excluding carboxylic acids is 1. The lowest BCUT2D eigenvalue weighted by Gasteiger charge is -2.30. The number of pyridine rings is 3. The van der Waals surface area contributed by atoms with E-state index >= 15 is 0 Å². The molecule has 0 radical (unpaired) electrons. The van der Waals surface area contributed by atoms with Crippen molar-refractivity contribution in [3.63, 3.8) is 0 Å². The molecular formula is C27H24F3N5O. The predicted molar refractivity (Wildman–Crippen MR) is 130 cm³/mol. The molecule has 0 bridgehead atoms. The summed E-state index contributed by atoms with van der Waals surface area (Å²) in [5, 5.41) is 2.37. The largest absolute Gasteiger partial charge is 0.433 e. The van der Waals surface area contributed by atoms with Crippen molar-refractivity contribution in [2.45, 2.75) is 44.8 Å². The van der Waals surface area contributed by atoms with Crippen LogP contribution in [0.4, 0.5) is 19.0 Å². The Morgan fingerprint density at radius 2 is 1.89 bits per heavy atom. The van der Waals surface area contributed by atoms with Crippen molar-refractivity contribution in [3.05, 3.63) is 70.8 Å². The number of hydrogen-bond donors (Lipinski definition) is 1. The van der Waals surface area contributed by atoms with Gasteiger partial charge in [-0.05, 0) is 73.9 Å². The van der Waals surface area contributed by atoms with E-state index in [2.05, 4.69) is 15.0 Å². The van der Waals surface area contributed by atoms with Crippen LogP contribution in [0, 0.1) is 12.8 Å². The summed E-state index contributed by atoms with van der Waals surface area (Å²) in [6.45, 7) is 2.44. The molecule has 2 N–H and O–H groups in total. The SMILES string of the molecule is Cc1cc2nc(N)c3ccncc3c2cc1C(=O)N(CC1CC1)[C@@H]1CCc2nc(C(F)(F)F)ccc21. The summed E-state index contributed by atoms with van der Waals surface area (Å²) < 4.78 is 39.6. The van der Waals surface area contributed by atoms with Gasteiger partial charge in [0.05, 0.1) is 11.6 Å². The third kappa shape index (κ3) is 3.83. The molecule has 2 aliphatic rings. The van der Waals surface area contributed by atoms with E-state index in [0.29, 0.717) is 53.5 Å². The van der Waals surface area contributed by atoms with E-state index in [-0.39, 0.29) is 11.9 Å². The lowest BCUT2D eigenvalue weighted by molar-refractivity contribution is -0.141. The summed E-state index contributed by atoms with van der Waals surface area (Å²) >= 11 is 0. The third-order valence-electron chi connectivity index (χ3n) is 7.30. The van der Waals surface area contributed by atoms with Crippen molar-refractivity contribution in [2.24, 2.45) is 5.92 Å². The molecule has 1 atom stereocenters. The predicted octanol–water partition coefficient (Wildman–Crippen LogP) is 5.63.